The molecule has 0 aliphatic rings. The fraction of sp³-hybridized carbons (Fsp3) is 0.200. The van der Waals surface area contributed by atoms with Crippen LogP contribution in [0.2, 0.25) is 0 Å². The Bertz CT molecular complexity index is 765. The van der Waals surface area contributed by atoms with Crippen LogP contribution in [-0.4, -0.2) is 27.7 Å². The SMILES string of the molecule is COc1cc(OC)c(O)c(OS(=O)(=O)c2ccc(C)cc2)c1. The van der Waals surface area contributed by atoms with Gasteiger partial charge in [-0.2, -0.15) is 8.42 Å². The molecule has 1 N–H and O–H groups in total. The van der Waals surface area contributed by atoms with Gasteiger partial charge in [0.1, 0.15) is 10.6 Å². The molecule has 2 aromatic rings. The Morgan fingerprint density at radius 1 is 0.955 bits per heavy atom. The van der Waals surface area contributed by atoms with Crippen LogP contribution in [0.1, 0.15) is 5.56 Å². The van der Waals surface area contributed by atoms with Crippen LogP contribution in [0.5, 0.6) is 23.0 Å². The third-order valence-electron chi connectivity index (χ3n) is 2.98. The topological polar surface area (TPSA) is 82.1 Å². The molecule has 0 saturated carbocycles. The molecule has 0 bridgehead atoms. The Morgan fingerprint density at radius 3 is 2.09 bits per heavy atom. The second kappa shape index (κ2) is 6.15. The van der Waals surface area contributed by atoms with Crippen LogP contribution < -0.4 is 13.7 Å². The normalized spacial score (nSPS) is 11.0. The van der Waals surface area contributed by atoms with Crippen molar-refractivity contribution < 1.29 is 27.2 Å². The number of benzene rings is 2. The van der Waals surface area contributed by atoms with Crippen LogP contribution >= 0.6 is 0 Å². The molecular weight excluding hydrogens is 308 g/mol. The van der Waals surface area contributed by atoms with Gasteiger partial charge in [-0.25, -0.2) is 0 Å². The summed E-state index contributed by atoms with van der Waals surface area (Å²) in [5.41, 5.74) is 0.921. The molecule has 118 valence electrons. The highest BCUT2D eigenvalue weighted by Crippen LogP contribution is 2.41. The van der Waals surface area contributed by atoms with E-state index >= 15 is 0 Å². The zero-order chi connectivity index (χ0) is 16.3. The Morgan fingerprint density at radius 2 is 1.55 bits per heavy atom. The van der Waals surface area contributed by atoms with Crippen molar-refractivity contribution in [2.24, 2.45) is 0 Å². The van der Waals surface area contributed by atoms with Crippen molar-refractivity contribution in [2.45, 2.75) is 11.8 Å². The predicted octanol–water partition coefficient (Wildman–Crippen LogP) is 2.49. The standard InChI is InChI=1S/C15H16O6S/c1-10-4-6-12(7-5-10)22(17,18)21-14-9-11(19-2)8-13(20-3)15(14)16/h4-9,16H,1-3H3. The minimum Gasteiger partial charge on any atom is -0.502 e. The second-order valence-corrected chi connectivity index (χ2v) is 6.07. The first-order chi connectivity index (χ1) is 10.4. The molecule has 0 spiro atoms. The van der Waals surface area contributed by atoms with E-state index in [0.717, 1.165) is 5.56 Å². The van der Waals surface area contributed by atoms with Gasteiger partial charge >= 0.3 is 10.1 Å². The van der Waals surface area contributed by atoms with Crippen molar-refractivity contribution in [1.82, 2.24) is 0 Å². The molecule has 0 saturated heterocycles. The van der Waals surface area contributed by atoms with E-state index in [0.29, 0.717) is 5.75 Å². The van der Waals surface area contributed by atoms with Crippen LogP contribution in [0.4, 0.5) is 0 Å². The van der Waals surface area contributed by atoms with Crippen molar-refractivity contribution in [3.05, 3.63) is 42.0 Å². The van der Waals surface area contributed by atoms with Crippen molar-refractivity contribution in [3.63, 3.8) is 0 Å². The first-order valence-electron chi connectivity index (χ1n) is 6.33. The number of methoxy groups -OCH3 is 2. The molecule has 0 heterocycles. The molecule has 22 heavy (non-hydrogen) atoms. The van der Waals surface area contributed by atoms with Gasteiger partial charge in [0.15, 0.2) is 11.5 Å². The maximum atomic E-state index is 12.2. The Kier molecular flexibility index (Phi) is 4.46. The first kappa shape index (κ1) is 16.0. The highest BCUT2D eigenvalue weighted by molar-refractivity contribution is 7.87. The van der Waals surface area contributed by atoms with Crippen LogP contribution in [0.25, 0.3) is 0 Å². The van der Waals surface area contributed by atoms with Gasteiger partial charge in [-0.05, 0) is 19.1 Å². The molecule has 7 heteroatoms. The van der Waals surface area contributed by atoms with Crippen LogP contribution in [-0.2, 0) is 10.1 Å². The summed E-state index contributed by atoms with van der Waals surface area (Å²) in [6.45, 7) is 1.84. The van der Waals surface area contributed by atoms with Crippen molar-refractivity contribution in [2.75, 3.05) is 14.2 Å². The highest BCUT2D eigenvalue weighted by atomic mass is 32.2. The predicted molar refractivity (Wildman–Crippen MR) is 80.2 cm³/mol. The van der Waals surface area contributed by atoms with Gasteiger partial charge in [0.05, 0.1) is 14.2 Å². The molecule has 0 aliphatic heterocycles. The maximum Gasteiger partial charge on any atom is 0.339 e. The van der Waals surface area contributed by atoms with E-state index in [4.69, 9.17) is 13.7 Å². The molecule has 0 atom stereocenters. The Hall–Kier alpha value is -2.41. The Balaban J connectivity index is 2.43. The number of ether oxygens (including phenoxy) is 2. The average Bonchev–Trinajstić information content (AvgIpc) is 2.49. The van der Waals surface area contributed by atoms with Crippen LogP contribution in [0.15, 0.2) is 41.3 Å². The number of rotatable bonds is 5. The van der Waals surface area contributed by atoms with E-state index < -0.39 is 15.9 Å². The molecule has 0 aromatic heterocycles. The Labute approximate surface area is 129 Å². The first-order valence-corrected chi connectivity index (χ1v) is 7.74. The zero-order valence-electron chi connectivity index (χ0n) is 12.4. The minimum atomic E-state index is -4.07. The molecule has 6 nitrogen and oxygen atoms in total. The summed E-state index contributed by atoms with van der Waals surface area (Å²) < 4.78 is 39.5. The summed E-state index contributed by atoms with van der Waals surface area (Å²) in [6.07, 6.45) is 0. The number of phenolic OH excluding ortho intramolecular Hbond substituents is 1. The van der Waals surface area contributed by atoms with Gasteiger partial charge in [0.2, 0.25) is 5.75 Å². The molecular formula is C15H16O6S. The highest BCUT2D eigenvalue weighted by Gasteiger charge is 2.21. The fourth-order valence-electron chi connectivity index (χ4n) is 1.77. The number of hydrogen-bond donors (Lipinski definition) is 1. The number of aryl methyl sites for hydroxylation is 1. The number of aromatic hydroxyl groups is 1. The maximum absolute atomic E-state index is 12.2. The molecule has 0 fully saturated rings. The van der Waals surface area contributed by atoms with E-state index in [1.54, 1.807) is 12.1 Å². The number of hydrogen-bond acceptors (Lipinski definition) is 6. The van der Waals surface area contributed by atoms with Crippen molar-refractivity contribution >= 4 is 10.1 Å². The van der Waals surface area contributed by atoms with Crippen molar-refractivity contribution in [1.29, 1.82) is 0 Å². The molecule has 0 radical (unpaired) electrons. The van der Waals surface area contributed by atoms with Gasteiger partial charge in [-0.15, -0.1) is 0 Å². The third kappa shape index (κ3) is 3.25. The quantitative estimate of drug-likeness (QED) is 0.851. The van der Waals surface area contributed by atoms with Gasteiger partial charge in [0.25, 0.3) is 0 Å². The molecule has 2 aromatic carbocycles. The second-order valence-electron chi connectivity index (χ2n) is 4.53. The van der Waals surface area contributed by atoms with Crippen molar-refractivity contribution in [3.8, 4) is 23.0 Å². The van der Waals surface area contributed by atoms with E-state index in [1.807, 2.05) is 6.92 Å². The minimum absolute atomic E-state index is 0.0145. The van der Waals surface area contributed by atoms with Gasteiger partial charge < -0.3 is 18.8 Å². The summed E-state index contributed by atoms with van der Waals surface area (Å²) in [5.74, 6) is -0.340. The number of phenols is 1. The summed E-state index contributed by atoms with van der Waals surface area (Å²) >= 11 is 0. The lowest BCUT2D eigenvalue weighted by Crippen LogP contribution is -2.10. The van der Waals surface area contributed by atoms with E-state index in [9.17, 15) is 13.5 Å². The van der Waals surface area contributed by atoms with E-state index in [2.05, 4.69) is 0 Å². The summed E-state index contributed by atoms with van der Waals surface area (Å²) in [5, 5.41) is 9.99. The summed E-state index contributed by atoms with van der Waals surface area (Å²) in [6, 6.07) is 8.85. The molecule has 0 amide bonds. The average molecular weight is 324 g/mol. The monoisotopic (exact) mass is 324 g/mol. The third-order valence-corrected chi connectivity index (χ3v) is 4.23. The zero-order valence-corrected chi connectivity index (χ0v) is 13.2. The summed E-state index contributed by atoms with van der Waals surface area (Å²) in [7, 11) is -1.33. The molecule has 2 rings (SSSR count). The largest absolute Gasteiger partial charge is 0.502 e. The van der Waals surface area contributed by atoms with Gasteiger partial charge in [-0.1, -0.05) is 17.7 Å². The molecule has 0 unspecified atom stereocenters. The lowest BCUT2D eigenvalue weighted by atomic mass is 10.2. The van der Waals surface area contributed by atoms with Crippen LogP contribution in [0, 0.1) is 6.92 Å². The molecule has 0 aliphatic carbocycles. The lowest BCUT2D eigenvalue weighted by Gasteiger charge is -2.12. The lowest BCUT2D eigenvalue weighted by molar-refractivity contribution is 0.352. The van der Waals surface area contributed by atoms with Gasteiger partial charge in [0, 0.05) is 12.1 Å². The van der Waals surface area contributed by atoms with Gasteiger partial charge in [-0.3, -0.25) is 0 Å². The van der Waals surface area contributed by atoms with E-state index in [1.165, 1.54) is 38.5 Å². The summed E-state index contributed by atoms with van der Waals surface area (Å²) in [4.78, 5) is -0.0145. The smallest absolute Gasteiger partial charge is 0.339 e. The van der Waals surface area contributed by atoms with E-state index in [-0.39, 0.29) is 16.4 Å². The van der Waals surface area contributed by atoms with Crippen LogP contribution in [0.3, 0.4) is 0 Å². The fourth-order valence-corrected chi connectivity index (χ4v) is 2.70.